The number of nitrogens with one attached hydrogen (secondary N) is 1. The van der Waals surface area contributed by atoms with E-state index in [0.29, 0.717) is 6.04 Å². The number of nitrogens with zero attached hydrogens (tertiary/aromatic N) is 1. The molecule has 118 valence electrons. The minimum atomic E-state index is 0.439. The Hall–Kier alpha value is -1.02. The maximum atomic E-state index is 3.47. The van der Waals surface area contributed by atoms with Gasteiger partial charge in [-0.05, 0) is 62.8 Å². The van der Waals surface area contributed by atoms with Crippen LogP contribution < -0.4 is 10.2 Å². The van der Waals surface area contributed by atoms with Crippen LogP contribution >= 0.6 is 0 Å². The van der Waals surface area contributed by atoms with Crippen molar-refractivity contribution in [2.24, 2.45) is 5.92 Å². The van der Waals surface area contributed by atoms with E-state index in [1.165, 1.54) is 43.4 Å². The predicted molar refractivity (Wildman–Crippen MR) is 93.0 cm³/mol. The molecule has 0 heterocycles. The highest BCUT2D eigenvalue weighted by Crippen LogP contribution is 2.31. The van der Waals surface area contributed by atoms with Crippen molar-refractivity contribution < 1.29 is 0 Å². The quantitative estimate of drug-likeness (QED) is 0.811. The Labute approximate surface area is 130 Å². The van der Waals surface area contributed by atoms with Gasteiger partial charge in [0.15, 0.2) is 0 Å². The van der Waals surface area contributed by atoms with Gasteiger partial charge in [-0.2, -0.15) is 0 Å². The second-order valence-electron chi connectivity index (χ2n) is 6.56. The van der Waals surface area contributed by atoms with Gasteiger partial charge in [0.1, 0.15) is 0 Å². The molecule has 0 radical (unpaired) electrons. The van der Waals surface area contributed by atoms with Crippen molar-refractivity contribution in [2.75, 3.05) is 18.5 Å². The minimum absolute atomic E-state index is 0.439. The van der Waals surface area contributed by atoms with Gasteiger partial charge in [0.05, 0.1) is 0 Å². The monoisotopic (exact) mass is 288 g/mol. The van der Waals surface area contributed by atoms with E-state index in [4.69, 9.17) is 0 Å². The Kier molecular flexibility index (Phi) is 6.10. The van der Waals surface area contributed by atoms with E-state index >= 15 is 0 Å². The van der Waals surface area contributed by atoms with Crippen molar-refractivity contribution >= 4 is 5.69 Å². The highest BCUT2D eigenvalue weighted by atomic mass is 15.1. The molecule has 0 amide bonds. The molecule has 1 fully saturated rings. The molecule has 1 unspecified atom stereocenters. The molecule has 0 aromatic heterocycles. The summed E-state index contributed by atoms with van der Waals surface area (Å²) in [5.41, 5.74) is 2.74. The summed E-state index contributed by atoms with van der Waals surface area (Å²) in [5, 5.41) is 3.47. The van der Waals surface area contributed by atoms with Gasteiger partial charge in [-0.15, -0.1) is 0 Å². The molecule has 21 heavy (non-hydrogen) atoms. The molecule has 1 saturated carbocycles. The number of benzene rings is 1. The maximum absolute atomic E-state index is 3.47. The van der Waals surface area contributed by atoms with Crippen LogP contribution in [0.5, 0.6) is 0 Å². The molecule has 1 N–H and O–H groups in total. The Morgan fingerprint density at radius 2 is 1.71 bits per heavy atom. The summed E-state index contributed by atoms with van der Waals surface area (Å²) in [6.45, 7) is 7.74. The number of rotatable bonds is 6. The predicted octanol–water partition coefficient (Wildman–Crippen LogP) is 4.76. The van der Waals surface area contributed by atoms with Crippen LogP contribution in [-0.2, 0) is 0 Å². The van der Waals surface area contributed by atoms with Gasteiger partial charge in [-0.3, -0.25) is 0 Å². The third-order valence-corrected chi connectivity index (χ3v) is 5.25. The third-order valence-electron chi connectivity index (χ3n) is 5.25. The fourth-order valence-electron chi connectivity index (χ4n) is 3.57. The average molecular weight is 288 g/mol. The smallest absolute Gasteiger partial charge is 0.0366 e. The van der Waals surface area contributed by atoms with E-state index in [0.717, 1.165) is 18.5 Å². The first-order valence-corrected chi connectivity index (χ1v) is 8.71. The SMILES string of the molecule is CCNC(C)c1ccc(N(C)C2CCC(CC)CC2)cc1. The molecule has 1 aromatic carbocycles. The average Bonchev–Trinajstić information content (AvgIpc) is 2.54. The van der Waals surface area contributed by atoms with Crippen molar-refractivity contribution in [1.82, 2.24) is 5.32 Å². The van der Waals surface area contributed by atoms with Crippen molar-refractivity contribution in [2.45, 2.75) is 65.0 Å². The van der Waals surface area contributed by atoms with Crippen molar-refractivity contribution in [3.8, 4) is 0 Å². The Morgan fingerprint density at radius 1 is 1.10 bits per heavy atom. The lowest BCUT2D eigenvalue weighted by Crippen LogP contribution is -2.35. The van der Waals surface area contributed by atoms with Crippen LogP contribution in [0, 0.1) is 5.92 Å². The van der Waals surface area contributed by atoms with E-state index in [-0.39, 0.29) is 0 Å². The molecule has 2 heteroatoms. The molecule has 0 aliphatic heterocycles. The van der Waals surface area contributed by atoms with Gasteiger partial charge >= 0.3 is 0 Å². The van der Waals surface area contributed by atoms with Crippen molar-refractivity contribution in [3.05, 3.63) is 29.8 Å². The van der Waals surface area contributed by atoms with Crippen LogP contribution in [0.15, 0.2) is 24.3 Å². The molecule has 2 nitrogen and oxygen atoms in total. The number of anilines is 1. The molecule has 1 atom stereocenters. The summed E-state index contributed by atoms with van der Waals surface area (Å²) in [6, 6.07) is 10.3. The standard InChI is InChI=1S/C19H32N2/c1-5-16-7-11-18(12-8-16)21(4)19-13-9-17(10-14-19)15(3)20-6-2/h9-10,13-16,18,20H,5-8,11-12H2,1-4H3. The van der Waals surface area contributed by atoms with E-state index in [1.54, 1.807) is 0 Å². The summed E-state index contributed by atoms with van der Waals surface area (Å²) in [4.78, 5) is 2.49. The second kappa shape index (κ2) is 7.84. The molecular weight excluding hydrogens is 256 g/mol. The van der Waals surface area contributed by atoms with E-state index in [2.05, 4.69) is 62.3 Å². The fraction of sp³-hybridized carbons (Fsp3) is 0.684. The normalized spacial score (nSPS) is 23.8. The zero-order chi connectivity index (χ0) is 15.2. The first kappa shape index (κ1) is 16.4. The van der Waals surface area contributed by atoms with Gasteiger partial charge in [-0.25, -0.2) is 0 Å². The molecule has 1 aliphatic rings. The largest absolute Gasteiger partial charge is 0.372 e. The van der Waals surface area contributed by atoms with E-state index in [1.807, 2.05) is 0 Å². The zero-order valence-electron chi connectivity index (χ0n) is 14.2. The summed E-state index contributed by atoms with van der Waals surface area (Å²) >= 11 is 0. The van der Waals surface area contributed by atoms with Gasteiger partial charge in [0, 0.05) is 24.8 Å². The summed E-state index contributed by atoms with van der Waals surface area (Å²) < 4.78 is 0. The fourth-order valence-corrected chi connectivity index (χ4v) is 3.57. The zero-order valence-corrected chi connectivity index (χ0v) is 14.2. The Bertz CT molecular complexity index is 404. The molecular formula is C19H32N2. The van der Waals surface area contributed by atoms with Crippen LogP contribution in [0.3, 0.4) is 0 Å². The summed E-state index contributed by atoms with van der Waals surface area (Å²) in [5.74, 6) is 0.970. The topological polar surface area (TPSA) is 15.3 Å². The van der Waals surface area contributed by atoms with E-state index in [9.17, 15) is 0 Å². The van der Waals surface area contributed by atoms with Crippen LogP contribution in [0.25, 0.3) is 0 Å². The lowest BCUT2D eigenvalue weighted by atomic mass is 9.84. The molecule has 1 aliphatic carbocycles. The Balaban J connectivity index is 1.95. The van der Waals surface area contributed by atoms with E-state index < -0.39 is 0 Å². The molecule has 0 bridgehead atoms. The first-order valence-electron chi connectivity index (χ1n) is 8.71. The van der Waals surface area contributed by atoms with Crippen molar-refractivity contribution in [3.63, 3.8) is 0 Å². The van der Waals surface area contributed by atoms with Gasteiger partial charge < -0.3 is 10.2 Å². The van der Waals surface area contributed by atoms with Crippen LogP contribution in [0.4, 0.5) is 5.69 Å². The van der Waals surface area contributed by atoms with Crippen molar-refractivity contribution in [1.29, 1.82) is 0 Å². The number of hydrogen-bond acceptors (Lipinski definition) is 2. The van der Waals surface area contributed by atoms with Crippen LogP contribution in [0.1, 0.15) is 64.5 Å². The molecule has 0 saturated heterocycles. The summed E-state index contributed by atoms with van der Waals surface area (Å²) in [7, 11) is 2.26. The van der Waals surface area contributed by atoms with Crippen LogP contribution in [-0.4, -0.2) is 19.6 Å². The number of hydrogen-bond donors (Lipinski definition) is 1. The van der Waals surface area contributed by atoms with Gasteiger partial charge in [0.2, 0.25) is 0 Å². The van der Waals surface area contributed by atoms with Gasteiger partial charge in [-0.1, -0.05) is 32.4 Å². The highest BCUT2D eigenvalue weighted by Gasteiger charge is 2.23. The first-order chi connectivity index (χ1) is 10.2. The molecule has 0 spiro atoms. The van der Waals surface area contributed by atoms with Crippen LogP contribution in [0.2, 0.25) is 0 Å². The highest BCUT2D eigenvalue weighted by molar-refractivity contribution is 5.48. The Morgan fingerprint density at radius 3 is 2.24 bits per heavy atom. The maximum Gasteiger partial charge on any atom is 0.0366 e. The summed E-state index contributed by atoms with van der Waals surface area (Å²) in [6.07, 6.45) is 6.87. The minimum Gasteiger partial charge on any atom is -0.372 e. The molecule has 2 rings (SSSR count). The molecule has 1 aromatic rings. The third kappa shape index (κ3) is 4.23. The lowest BCUT2D eigenvalue weighted by molar-refractivity contribution is 0.313. The lowest BCUT2D eigenvalue weighted by Gasteiger charge is -2.36. The van der Waals surface area contributed by atoms with Gasteiger partial charge in [0.25, 0.3) is 0 Å². The second-order valence-corrected chi connectivity index (χ2v) is 6.56.